The zero-order valence-electron chi connectivity index (χ0n) is 14.1. The fourth-order valence-corrected chi connectivity index (χ4v) is 2.54. The topological polar surface area (TPSA) is 58.6 Å². The molecular formula is C16H30N2O3. The monoisotopic (exact) mass is 298 g/mol. The molecule has 0 spiro atoms. The Kier molecular flexibility index (Phi) is 6.65. The molecule has 1 aliphatic rings. The van der Waals surface area contributed by atoms with Gasteiger partial charge in [-0.15, -0.1) is 0 Å². The molecule has 1 amide bonds. The van der Waals surface area contributed by atoms with Crippen LogP contribution in [0.1, 0.15) is 47.5 Å². The van der Waals surface area contributed by atoms with Crippen LogP contribution in [0.2, 0.25) is 0 Å². The third kappa shape index (κ3) is 5.65. The third-order valence-electron chi connectivity index (χ3n) is 3.82. The first-order valence-electron chi connectivity index (χ1n) is 7.99. The van der Waals surface area contributed by atoms with Gasteiger partial charge < -0.3 is 10.1 Å². The maximum atomic E-state index is 12.3. The van der Waals surface area contributed by atoms with E-state index in [-0.39, 0.29) is 5.91 Å². The summed E-state index contributed by atoms with van der Waals surface area (Å²) in [6.07, 6.45) is 2.52. The van der Waals surface area contributed by atoms with E-state index in [2.05, 4.69) is 17.1 Å². The van der Waals surface area contributed by atoms with Crippen molar-refractivity contribution < 1.29 is 14.3 Å². The summed E-state index contributed by atoms with van der Waals surface area (Å²) in [5.41, 5.74) is -0.447. The summed E-state index contributed by atoms with van der Waals surface area (Å²) in [4.78, 5) is 26.7. The molecule has 5 heteroatoms. The lowest BCUT2D eigenvalue weighted by atomic mass is 9.80. The maximum Gasteiger partial charge on any atom is 0.319 e. The van der Waals surface area contributed by atoms with Crippen LogP contribution in [0, 0.1) is 11.3 Å². The number of hydrogen-bond acceptors (Lipinski definition) is 4. The van der Waals surface area contributed by atoms with Gasteiger partial charge in [0.15, 0.2) is 0 Å². The lowest BCUT2D eigenvalue weighted by Gasteiger charge is -2.28. The molecule has 1 N–H and O–H groups in total. The van der Waals surface area contributed by atoms with Crippen molar-refractivity contribution in [2.45, 2.75) is 53.5 Å². The highest BCUT2D eigenvalue weighted by Crippen LogP contribution is 2.28. The molecule has 0 aromatic carbocycles. The third-order valence-corrected chi connectivity index (χ3v) is 3.82. The number of amides is 1. The smallest absolute Gasteiger partial charge is 0.319 e. The van der Waals surface area contributed by atoms with Crippen LogP contribution in [0.3, 0.4) is 0 Å². The van der Waals surface area contributed by atoms with E-state index in [9.17, 15) is 9.59 Å². The Hall–Kier alpha value is -1.10. The lowest BCUT2D eigenvalue weighted by molar-refractivity contribution is -0.156. The molecule has 0 aromatic rings. The summed E-state index contributed by atoms with van der Waals surface area (Å²) in [6, 6.07) is 0.690. The van der Waals surface area contributed by atoms with Crippen LogP contribution in [0.15, 0.2) is 0 Å². The Balaban J connectivity index is 2.50. The molecule has 0 radical (unpaired) electrons. The highest BCUT2D eigenvalue weighted by atomic mass is 16.5. The van der Waals surface area contributed by atoms with Gasteiger partial charge in [-0.05, 0) is 31.7 Å². The molecule has 0 heterocycles. The molecule has 122 valence electrons. The minimum absolute atomic E-state index is 0.229. The summed E-state index contributed by atoms with van der Waals surface area (Å²) < 4.78 is 5.04. The van der Waals surface area contributed by atoms with E-state index in [1.165, 1.54) is 12.8 Å². The first kappa shape index (κ1) is 18.0. The van der Waals surface area contributed by atoms with Gasteiger partial charge in [0, 0.05) is 19.1 Å². The molecule has 1 unspecified atom stereocenters. The maximum absolute atomic E-state index is 12.3. The van der Waals surface area contributed by atoms with Gasteiger partial charge >= 0.3 is 5.97 Å². The van der Waals surface area contributed by atoms with Crippen LogP contribution >= 0.6 is 0 Å². The van der Waals surface area contributed by atoms with E-state index in [0.29, 0.717) is 19.2 Å². The lowest BCUT2D eigenvalue weighted by Crippen LogP contribution is -2.45. The average Bonchev–Trinajstić information content (AvgIpc) is 3.17. The fraction of sp³-hybridized carbons (Fsp3) is 0.875. The van der Waals surface area contributed by atoms with Gasteiger partial charge in [-0.25, -0.2) is 0 Å². The molecule has 0 aliphatic heterocycles. The van der Waals surface area contributed by atoms with E-state index in [0.717, 1.165) is 13.1 Å². The summed E-state index contributed by atoms with van der Waals surface area (Å²) in [5, 5.41) is 2.89. The molecule has 1 aliphatic carbocycles. The van der Waals surface area contributed by atoms with E-state index in [1.54, 1.807) is 6.92 Å². The van der Waals surface area contributed by atoms with Crippen LogP contribution in [0.4, 0.5) is 0 Å². The summed E-state index contributed by atoms with van der Waals surface area (Å²) >= 11 is 0. The van der Waals surface area contributed by atoms with E-state index in [1.807, 2.05) is 20.8 Å². The second-order valence-electron chi connectivity index (χ2n) is 6.70. The van der Waals surface area contributed by atoms with Gasteiger partial charge in [0.2, 0.25) is 5.91 Å². The second kappa shape index (κ2) is 7.78. The van der Waals surface area contributed by atoms with Crippen molar-refractivity contribution >= 4 is 11.9 Å². The molecule has 0 aromatic heterocycles. The highest BCUT2D eigenvalue weighted by molar-refractivity contribution is 5.98. The van der Waals surface area contributed by atoms with Gasteiger partial charge in [-0.3, -0.25) is 14.5 Å². The number of ether oxygens (including phenoxy) is 1. The second-order valence-corrected chi connectivity index (χ2v) is 6.70. The minimum Gasteiger partial charge on any atom is -0.465 e. The van der Waals surface area contributed by atoms with Crippen LogP contribution in [0.5, 0.6) is 0 Å². The van der Waals surface area contributed by atoms with Crippen LogP contribution in [0.25, 0.3) is 0 Å². The average molecular weight is 298 g/mol. The predicted molar refractivity (Wildman–Crippen MR) is 82.9 cm³/mol. The minimum atomic E-state index is -0.756. The number of nitrogens with one attached hydrogen (secondary N) is 1. The van der Waals surface area contributed by atoms with Crippen molar-refractivity contribution in [3.63, 3.8) is 0 Å². The number of likely N-dealkylation sites (N-methyl/N-ethyl adjacent to an activating group) is 1. The SMILES string of the molecule is CCOC(=O)C(C(=O)NCCN(CC)C1CC1)C(C)(C)C. The summed E-state index contributed by atoms with van der Waals surface area (Å²) in [7, 11) is 0. The molecular weight excluding hydrogens is 268 g/mol. The number of carbonyl (C=O) groups is 2. The van der Waals surface area contributed by atoms with Crippen molar-refractivity contribution in [1.82, 2.24) is 10.2 Å². The zero-order valence-corrected chi connectivity index (χ0v) is 14.1. The quantitative estimate of drug-likeness (QED) is 0.548. The Morgan fingerprint density at radius 2 is 1.90 bits per heavy atom. The number of carbonyl (C=O) groups excluding carboxylic acids is 2. The van der Waals surface area contributed by atoms with Crippen molar-refractivity contribution in [1.29, 1.82) is 0 Å². The van der Waals surface area contributed by atoms with Gasteiger partial charge in [-0.2, -0.15) is 0 Å². The van der Waals surface area contributed by atoms with Crippen LogP contribution < -0.4 is 5.32 Å². The molecule has 0 bridgehead atoms. The van der Waals surface area contributed by atoms with Gasteiger partial charge in [-0.1, -0.05) is 27.7 Å². The molecule has 1 atom stereocenters. The first-order chi connectivity index (χ1) is 9.81. The van der Waals surface area contributed by atoms with Gasteiger partial charge in [0.1, 0.15) is 5.92 Å². The van der Waals surface area contributed by atoms with Gasteiger partial charge in [0.25, 0.3) is 0 Å². The zero-order chi connectivity index (χ0) is 16.0. The van der Waals surface area contributed by atoms with E-state index >= 15 is 0 Å². The van der Waals surface area contributed by atoms with Crippen molar-refractivity contribution in [2.75, 3.05) is 26.2 Å². The molecule has 5 nitrogen and oxygen atoms in total. The Morgan fingerprint density at radius 1 is 1.29 bits per heavy atom. The van der Waals surface area contributed by atoms with Gasteiger partial charge in [0.05, 0.1) is 6.61 Å². The van der Waals surface area contributed by atoms with Crippen LogP contribution in [-0.4, -0.2) is 49.1 Å². The fourth-order valence-electron chi connectivity index (χ4n) is 2.54. The number of nitrogens with zero attached hydrogens (tertiary/aromatic N) is 1. The van der Waals surface area contributed by atoms with Crippen molar-refractivity contribution in [3.8, 4) is 0 Å². The Morgan fingerprint density at radius 3 is 2.33 bits per heavy atom. The molecule has 1 rings (SSSR count). The molecule has 21 heavy (non-hydrogen) atoms. The number of rotatable bonds is 8. The number of hydrogen-bond donors (Lipinski definition) is 1. The largest absolute Gasteiger partial charge is 0.465 e. The Labute approximate surface area is 128 Å². The van der Waals surface area contributed by atoms with E-state index < -0.39 is 17.3 Å². The number of esters is 1. The Bertz CT molecular complexity index is 359. The molecule has 1 saturated carbocycles. The summed E-state index contributed by atoms with van der Waals surface area (Å²) in [5.74, 6) is -1.42. The molecule has 0 saturated heterocycles. The van der Waals surface area contributed by atoms with E-state index in [4.69, 9.17) is 4.74 Å². The molecule has 1 fully saturated rings. The first-order valence-corrected chi connectivity index (χ1v) is 7.99. The van der Waals surface area contributed by atoms with Crippen molar-refractivity contribution in [3.05, 3.63) is 0 Å². The standard InChI is InChI=1S/C16H30N2O3/c1-6-18(12-8-9-12)11-10-17-14(19)13(16(3,4)5)15(20)21-7-2/h12-13H,6-11H2,1-5H3,(H,17,19). The predicted octanol–water partition coefficient (Wildman–Crippen LogP) is 1.81. The van der Waals surface area contributed by atoms with Crippen molar-refractivity contribution in [2.24, 2.45) is 11.3 Å². The van der Waals surface area contributed by atoms with Crippen LogP contribution in [-0.2, 0) is 14.3 Å². The normalized spacial score (nSPS) is 16.7. The highest BCUT2D eigenvalue weighted by Gasteiger charge is 2.38. The summed E-state index contributed by atoms with van der Waals surface area (Å²) in [6.45, 7) is 12.3.